The normalized spacial score (nSPS) is 16.8. The summed E-state index contributed by atoms with van der Waals surface area (Å²) in [5, 5.41) is 1.74. The monoisotopic (exact) mass is 459 g/mol. The summed E-state index contributed by atoms with van der Waals surface area (Å²) in [5.74, 6) is -0.172. The molecule has 1 aromatic heterocycles. The lowest BCUT2D eigenvalue weighted by molar-refractivity contribution is 0.0668. The SMILES string of the molecule is O=C(c1csc(NS(=O)(=O)c2ccccc2)n1)N1CCCC(Cc2ccc(F)cc2)C1. The molecule has 1 aliphatic rings. The Morgan fingerprint density at radius 3 is 2.65 bits per heavy atom. The first-order chi connectivity index (χ1) is 14.9. The molecule has 1 atom stereocenters. The molecule has 1 unspecified atom stereocenters. The smallest absolute Gasteiger partial charge is 0.273 e. The van der Waals surface area contributed by atoms with Crippen LogP contribution in [0.4, 0.5) is 9.52 Å². The van der Waals surface area contributed by atoms with Gasteiger partial charge in [0.05, 0.1) is 4.90 Å². The van der Waals surface area contributed by atoms with E-state index >= 15 is 0 Å². The predicted molar refractivity (Wildman–Crippen MR) is 118 cm³/mol. The summed E-state index contributed by atoms with van der Waals surface area (Å²) < 4.78 is 40.5. The van der Waals surface area contributed by atoms with Crippen molar-refractivity contribution < 1.29 is 17.6 Å². The Balaban J connectivity index is 1.40. The van der Waals surface area contributed by atoms with Gasteiger partial charge >= 0.3 is 0 Å². The second-order valence-electron chi connectivity index (χ2n) is 7.55. The molecule has 0 radical (unpaired) electrons. The van der Waals surface area contributed by atoms with Crippen LogP contribution in [-0.4, -0.2) is 37.3 Å². The number of hydrogen-bond donors (Lipinski definition) is 1. The van der Waals surface area contributed by atoms with Crippen LogP contribution >= 0.6 is 11.3 Å². The van der Waals surface area contributed by atoms with Crippen molar-refractivity contribution in [2.75, 3.05) is 17.8 Å². The summed E-state index contributed by atoms with van der Waals surface area (Å²) in [6.07, 6.45) is 2.67. The first kappa shape index (κ1) is 21.5. The first-order valence-corrected chi connectivity index (χ1v) is 12.3. The Kier molecular flexibility index (Phi) is 6.33. The zero-order chi connectivity index (χ0) is 21.8. The number of aromatic nitrogens is 1. The maximum Gasteiger partial charge on any atom is 0.273 e. The van der Waals surface area contributed by atoms with Crippen LogP contribution in [-0.2, 0) is 16.4 Å². The molecule has 3 aromatic rings. The molecule has 31 heavy (non-hydrogen) atoms. The number of sulfonamides is 1. The predicted octanol–water partition coefficient (Wildman–Crippen LogP) is 4.18. The maximum absolute atomic E-state index is 13.1. The van der Waals surface area contributed by atoms with E-state index in [1.54, 1.807) is 40.6 Å². The molecule has 4 rings (SSSR count). The lowest BCUT2D eigenvalue weighted by Crippen LogP contribution is -2.40. The minimum absolute atomic E-state index is 0.137. The summed E-state index contributed by atoms with van der Waals surface area (Å²) in [5.41, 5.74) is 1.28. The summed E-state index contributed by atoms with van der Waals surface area (Å²) in [6.45, 7) is 1.24. The minimum Gasteiger partial charge on any atom is -0.337 e. The van der Waals surface area contributed by atoms with E-state index in [0.717, 1.165) is 36.2 Å². The summed E-state index contributed by atoms with van der Waals surface area (Å²) >= 11 is 1.08. The molecule has 9 heteroatoms. The van der Waals surface area contributed by atoms with E-state index in [4.69, 9.17) is 0 Å². The van der Waals surface area contributed by atoms with Crippen molar-refractivity contribution in [2.24, 2.45) is 5.92 Å². The molecular weight excluding hydrogens is 437 g/mol. The Labute approximate surface area is 184 Å². The van der Waals surface area contributed by atoms with Crippen LogP contribution in [0.15, 0.2) is 64.9 Å². The van der Waals surface area contributed by atoms with E-state index in [-0.39, 0.29) is 33.4 Å². The van der Waals surface area contributed by atoms with Gasteiger partial charge in [0.1, 0.15) is 11.5 Å². The van der Waals surface area contributed by atoms with Gasteiger partial charge in [0.2, 0.25) is 0 Å². The number of benzene rings is 2. The van der Waals surface area contributed by atoms with Crippen LogP contribution in [0.2, 0.25) is 0 Å². The van der Waals surface area contributed by atoms with Gasteiger partial charge in [-0.25, -0.2) is 17.8 Å². The fourth-order valence-electron chi connectivity index (χ4n) is 3.72. The Morgan fingerprint density at radius 1 is 1.16 bits per heavy atom. The van der Waals surface area contributed by atoms with Gasteiger partial charge in [-0.05, 0) is 55.0 Å². The van der Waals surface area contributed by atoms with Crippen LogP contribution in [0.5, 0.6) is 0 Å². The number of amides is 1. The Morgan fingerprint density at radius 2 is 1.90 bits per heavy atom. The molecule has 0 bridgehead atoms. The number of hydrogen-bond acceptors (Lipinski definition) is 5. The highest BCUT2D eigenvalue weighted by atomic mass is 32.2. The van der Waals surface area contributed by atoms with E-state index in [9.17, 15) is 17.6 Å². The van der Waals surface area contributed by atoms with E-state index in [0.29, 0.717) is 13.1 Å². The van der Waals surface area contributed by atoms with Crippen molar-refractivity contribution in [3.8, 4) is 0 Å². The third-order valence-corrected chi connectivity index (χ3v) is 7.48. The van der Waals surface area contributed by atoms with Crippen molar-refractivity contribution >= 4 is 32.4 Å². The number of carbonyl (C=O) groups excluding carboxylic acids is 1. The third kappa shape index (κ3) is 5.29. The molecule has 2 heterocycles. The third-order valence-electron chi connectivity index (χ3n) is 5.24. The number of thiazole rings is 1. The number of anilines is 1. The van der Waals surface area contributed by atoms with Gasteiger partial charge in [0, 0.05) is 18.5 Å². The van der Waals surface area contributed by atoms with Crippen LogP contribution < -0.4 is 4.72 Å². The fraction of sp³-hybridized carbons (Fsp3) is 0.273. The van der Waals surface area contributed by atoms with Gasteiger partial charge in [-0.3, -0.25) is 9.52 Å². The average molecular weight is 460 g/mol. The Hall–Kier alpha value is -2.78. The standard InChI is InChI=1S/C22H22FN3O3S2/c23-18-10-8-16(9-11-18)13-17-5-4-12-26(14-17)21(27)20-15-30-22(24-20)25-31(28,29)19-6-2-1-3-7-19/h1-3,6-11,15,17H,4-5,12-14H2,(H,24,25). The highest BCUT2D eigenvalue weighted by Gasteiger charge is 2.26. The van der Waals surface area contributed by atoms with Crippen molar-refractivity contribution in [1.82, 2.24) is 9.88 Å². The van der Waals surface area contributed by atoms with E-state index in [1.807, 2.05) is 0 Å². The molecule has 0 aliphatic carbocycles. The van der Waals surface area contributed by atoms with E-state index < -0.39 is 10.0 Å². The lowest BCUT2D eigenvalue weighted by Gasteiger charge is -2.32. The topological polar surface area (TPSA) is 79.4 Å². The largest absolute Gasteiger partial charge is 0.337 e. The van der Waals surface area contributed by atoms with Crippen molar-refractivity contribution in [2.45, 2.75) is 24.2 Å². The minimum atomic E-state index is -3.75. The number of halogens is 1. The molecule has 2 aromatic carbocycles. The number of carbonyl (C=O) groups is 1. The molecule has 1 N–H and O–H groups in total. The van der Waals surface area contributed by atoms with Crippen molar-refractivity contribution in [1.29, 1.82) is 0 Å². The first-order valence-electron chi connectivity index (χ1n) is 9.98. The highest BCUT2D eigenvalue weighted by Crippen LogP contribution is 2.25. The summed E-state index contributed by atoms with van der Waals surface area (Å²) in [4.78, 5) is 19.0. The number of likely N-dealkylation sites (tertiary alicyclic amines) is 1. The molecule has 1 saturated heterocycles. The number of piperidine rings is 1. The average Bonchev–Trinajstić information content (AvgIpc) is 3.23. The van der Waals surface area contributed by atoms with Gasteiger partial charge in [0.25, 0.3) is 15.9 Å². The van der Waals surface area contributed by atoms with Gasteiger partial charge in [-0.15, -0.1) is 11.3 Å². The summed E-state index contributed by atoms with van der Waals surface area (Å²) in [6, 6.07) is 14.5. The van der Waals surface area contributed by atoms with E-state index in [1.165, 1.54) is 24.3 Å². The Bertz CT molecular complexity index is 1150. The molecule has 0 spiro atoms. The van der Waals surface area contributed by atoms with Crippen LogP contribution in [0.1, 0.15) is 28.9 Å². The van der Waals surface area contributed by atoms with Crippen LogP contribution in [0, 0.1) is 11.7 Å². The lowest BCUT2D eigenvalue weighted by atomic mass is 9.91. The van der Waals surface area contributed by atoms with Gasteiger partial charge in [0.15, 0.2) is 5.13 Å². The highest BCUT2D eigenvalue weighted by molar-refractivity contribution is 7.93. The van der Waals surface area contributed by atoms with Crippen LogP contribution in [0.3, 0.4) is 0 Å². The maximum atomic E-state index is 13.1. The molecule has 1 aliphatic heterocycles. The fourth-order valence-corrected chi connectivity index (χ4v) is 5.68. The van der Waals surface area contributed by atoms with Crippen molar-refractivity contribution in [3.63, 3.8) is 0 Å². The summed E-state index contributed by atoms with van der Waals surface area (Å²) in [7, 11) is -3.75. The van der Waals surface area contributed by atoms with E-state index in [2.05, 4.69) is 9.71 Å². The van der Waals surface area contributed by atoms with Gasteiger partial charge < -0.3 is 4.90 Å². The van der Waals surface area contributed by atoms with Gasteiger partial charge in [-0.2, -0.15) is 0 Å². The second kappa shape index (κ2) is 9.15. The quantitative estimate of drug-likeness (QED) is 0.600. The molecular formula is C22H22FN3O3S2. The van der Waals surface area contributed by atoms with Crippen LogP contribution in [0.25, 0.3) is 0 Å². The number of nitrogens with one attached hydrogen (secondary N) is 1. The molecule has 0 saturated carbocycles. The number of nitrogens with zero attached hydrogens (tertiary/aromatic N) is 2. The van der Waals surface area contributed by atoms with Gasteiger partial charge in [-0.1, -0.05) is 30.3 Å². The van der Waals surface area contributed by atoms with Crippen molar-refractivity contribution in [3.05, 3.63) is 77.1 Å². The molecule has 1 amide bonds. The second-order valence-corrected chi connectivity index (χ2v) is 10.1. The molecule has 1 fully saturated rings. The zero-order valence-corrected chi connectivity index (χ0v) is 18.3. The molecule has 162 valence electrons. The molecule has 6 nitrogen and oxygen atoms in total. The zero-order valence-electron chi connectivity index (χ0n) is 16.7. The number of rotatable bonds is 6.